The van der Waals surface area contributed by atoms with Gasteiger partial charge in [-0.25, -0.2) is 9.07 Å². The lowest BCUT2D eigenvalue weighted by atomic mass is 9.91. The van der Waals surface area contributed by atoms with Crippen LogP contribution >= 0.6 is 0 Å². The maximum Gasteiger partial charge on any atom is 0.259 e. The van der Waals surface area contributed by atoms with Crippen LogP contribution in [0.4, 0.5) is 10.1 Å². The Hall–Kier alpha value is -3.39. The van der Waals surface area contributed by atoms with Gasteiger partial charge in [-0.15, -0.1) is 0 Å². The summed E-state index contributed by atoms with van der Waals surface area (Å²) in [4.78, 5) is 13.3. The van der Waals surface area contributed by atoms with Crippen molar-refractivity contribution in [3.63, 3.8) is 0 Å². The van der Waals surface area contributed by atoms with Crippen LogP contribution in [0.3, 0.4) is 0 Å². The Labute approximate surface area is 180 Å². The number of ether oxygens (including phenoxy) is 2. The van der Waals surface area contributed by atoms with Gasteiger partial charge in [0.05, 0.1) is 37.4 Å². The zero-order chi connectivity index (χ0) is 21.8. The molecule has 1 aromatic heterocycles. The molecular formula is C23H25FN4O3. The Morgan fingerprint density at radius 3 is 2.35 bits per heavy atom. The highest BCUT2D eigenvalue weighted by molar-refractivity contribution is 6.05. The molecule has 31 heavy (non-hydrogen) atoms. The fraction of sp³-hybridized carbons (Fsp3) is 0.304. The molecule has 0 radical (unpaired) electrons. The Morgan fingerprint density at radius 1 is 1.10 bits per heavy atom. The van der Waals surface area contributed by atoms with Crippen LogP contribution in [0.15, 0.2) is 48.7 Å². The molecular weight excluding hydrogens is 399 g/mol. The Balaban J connectivity index is 1.70. The molecule has 8 heteroatoms. The van der Waals surface area contributed by atoms with E-state index in [1.807, 2.05) is 0 Å². The Kier molecular flexibility index (Phi) is 6.18. The summed E-state index contributed by atoms with van der Waals surface area (Å²) in [5.41, 5.74) is 2.61. The zero-order valence-electron chi connectivity index (χ0n) is 17.5. The van der Waals surface area contributed by atoms with Crippen LogP contribution in [0.1, 0.15) is 34.8 Å². The van der Waals surface area contributed by atoms with E-state index in [2.05, 4.69) is 15.7 Å². The van der Waals surface area contributed by atoms with Crippen molar-refractivity contribution in [2.75, 3.05) is 32.6 Å². The Bertz CT molecular complexity index is 1040. The molecule has 1 aliphatic rings. The third kappa shape index (κ3) is 4.54. The zero-order valence-corrected chi connectivity index (χ0v) is 17.5. The van der Waals surface area contributed by atoms with Gasteiger partial charge in [-0.1, -0.05) is 0 Å². The summed E-state index contributed by atoms with van der Waals surface area (Å²) in [5, 5.41) is 10.8. The first-order valence-corrected chi connectivity index (χ1v) is 10.2. The van der Waals surface area contributed by atoms with Gasteiger partial charge < -0.3 is 20.1 Å². The van der Waals surface area contributed by atoms with Crippen LogP contribution in [-0.4, -0.2) is 43.0 Å². The molecule has 0 aliphatic carbocycles. The van der Waals surface area contributed by atoms with E-state index < -0.39 is 0 Å². The number of methoxy groups -OCH3 is 2. The first-order chi connectivity index (χ1) is 15.1. The quantitative estimate of drug-likeness (QED) is 0.630. The standard InChI is InChI=1S/C23H25FN4O3/c1-30-19-11-17(12-20(13-19)31-2)27-23(29)21-14-26-28(18-5-3-16(24)4-6-18)22(21)15-7-9-25-10-8-15/h3-6,11-15,25H,7-10H2,1-2H3,(H,27,29). The number of hydrogen-bond donors (Lipinski definition) is 2. The summed E-state index contributed by atoms with van der Waals surface area (Å²) in [7, 11) is 3.12. The van der Waals surface area contributed by atoms with E-state index in [-0.39, 0.29) is 17.6 Å². The van der Waals surface area contributed by atoms with Gasteiger partial charge in [-0.2, -0.15) is 5.10 Å². The number of piperidine rings is 1. The molecule has 1 aliphatic heterocycles. The molecule has 2 aromatic carbocycles. The fourth-order valence-corrected chi connectivity index (χ4v) is 3.89. The third-order valence-electron chi connectivity index (χ3n) is 5.46. The van der Waals surface area contributed by atoms with E-state index in [0.29, 0.717) is 22.7 Å². The van der Waals surface area contributed by atoms with E-state index in [4.69, 9.17) is 9.47 Å². The largest absolute Gasteiger partial charge is 0.497 e. The molecule has 2 N–H and O–H groups in total. The molecule has 4 rings (SSSR count). The molecule has 162 valence electrons. The van der Waals surface area contributed by atoms with Gasteiger partial charge in [-0.3, -0.25) is 4.79 Å². The molecule has 7 nitrogen and oxygen atoms in total. The number of anilines is 1. The Morgan fingerprint density at radius 2 is 1.74 bits per heavy atom. The van der Waals surface area contributed by atoms with Crippen LogP contribution in [0.25, 0.3) is 5.69 Å². The summed E-state index contributed by atoms with van der Waals surface area (Å²) >= 11 is 0. The maximum absolute atomic E-state index is 13.4. The summed E-state index contributed by atoms with van der Waals surface area (Å²) in [6.07, 6.45) is 3.35. The molecule has 3 aromatic rings. The molecule has 1 saturated heterocycles. The van der Waals surface area contributed by atoms with Crippen molar-refractivity contribution in [3.05, 3.63) is 65.7 Å². The predicted molar refractivity (Wildman–Crippen MR) is 116 cm³/mol. The highest BCUT2D eigenvalue weighted by Gasteiger charge is 2.27. The monoisotopic (exact) mass is 424 g/mol. The number of carbonyl (C=O) groups is 1. The number of nitrogens with one attached hydrogen (secondary N) is 2. The maximum atomic E-state index is 13.4. The van der Waals surface area contributed by atoms with E-state index >= 15 is 0 Å². The van der Waals surface area contributed by atoms with Crippen molar-refractivity contribution in [2.24, 2.45) is 0 Å². The van der Waals surface area contributed by atoms with Gasteiger partial charge in [0.15, 0.2) is 0 Å². The van der Waals surface area contributed by atoms with Gasteiger partial charge in [0.1, 0.15) is 17.3 Å². The van der Waals surface area contributed by atoms with Crippen LogP contribution in [0.5, 0.6) is 11.5 Å². The number of benzene rings is 2. The summed E-state index contributed by atoms with van der Waals surface area (Å²) in [6, 6.07) is 11.3. The number of carbonyl (C=O) groups excluding carboxylic acids is 1. The minimum Gasteiger partial charge on any atom is -0.497 e. The fourth-order valence-electron chi connectivity index (χ4n) is 3.89. The van der Waals surface area contributed by atoms with E-state index in [1.54, 1.807) is 55.4 Å². The smallest absolute Gasteiger partial charge is 0.259 e. The van der Waals surface area contributed by atoms with Crippen LogP contribution < -0.4 is 20.1 Å². The summed E-state index contributed by atoms with van der Waals surface area (Å²) in [6.45, 7) is 1.74. The van der Waals surface area contributed by atoms with Crippen molar-refractivity contribution in [1.29, 1.82) is 0 Å². The topological polar surface area (TPSA) is 77.4 Å². The molecule has 0 atom stereocenters. The van der Waals surface area contributed by atoms with Crippen molar-refractivity contribution in [1.82, 2.24) is 15.1 Å². The molecule has 2 heterocycles. The number of aromatic nitrogens is 2. The average molecular weight is 424 g/mol. The van der Waals surface area contributed by atoms with E-state index in [1.165, 1.54) is 12.1 Å². The molecule has 0 spiro atoms. The van der Waals surface area contributed by atoms with Crippen LogP contribution in [0.2, 0.25) is 0 Å². The first kappa shape index (κ1) is 20.9. The molecule has 0 bridgehead atoms. The SMILES string of the molecule is COc1cc(NC(=O)c2cnn(-c3ccc(F)cc3)c2C2CCNCC2)cc(OC)c1. The van der Waals surface area contributed by atoms with Crippen LogP contribution in [0, 0.1) is 5.82 Å². The van der Waals surface area contributed by atoms with Gasteiger partial charge >= 0.3 is 0 Å². The lowest BCUT2D eigenvalue weighted by molar-refractivity contribution is 0.102. The lowest BCUT2D eigenvalue weighted by Crippen LogP contribution is -2.29. The van der Waals surface area contributed by atoms with Gasteiger partial charge in [0.25, 0.3) is 5.91 Å². The molecule has 1 amide bonds. The van der Waals surface area contributed by atoms with Crippen molar-refractivity contribution >= 4 is 11.6 Å². The van der Waals surface area contributed by atoms with Crippen molar-refractivity contribution < 1.29 is 18.7 Å². The number of hydrogen-bond acceptors (Lipinski definition) is 5. The average Bonchev–Trinajstić information content (AvgIpc) is 3.25. The second-order valence-corrected chi connectivity index (χ2v) is 7.41. The van der Waals surface area contributed by atoms with Gasteiger partial charge in [0, 0.05) is 29.8 Å². The second kappa shape index (κ2) is 9.18. The number of halogens is 1. The minimum absolute atomic E-state index is 0.161. The lowest BCUT2D eigenvalue weighted by Gasteiger charge is -2.24. The van der Waals surface area contributed by atoms with E-state index in [0.717, 1.165) is 37.3 Å². The molecule has 0 unspecified atom stereocenters. The van der Waals surface area contributed by atoms with E-state index in [9.17, 15) is 9.18 Å². The summed E-state index contributed by atoms with van der Waals surface area (Å²) < 4.78 is 25.8. The third-order valence-corrected chi connectivity index (χ3v) is 5.46. The van der Waals surface area contributed by atoms with Crippen molar-refractivity contribution in [3.8, 4) is 17.2 Å². The predicted octanol–water partition coefficient (Wildman–Crippen LogP) is 3.75. The van der Waals surface area contributed by atoms with Crippen LogP contribution in [-0.2, 0) is 0 Å². The summed E-state index contributed by atoms with van der Waals surface area (Å²) in [5.74, 6) is 0.737. The van der Waals surface area contributed by atoms with Gasteiger partial charge in [0.2, 0.25) is 0 Å². The first-order valence-electron chi connectivity index (χ1n) is 10.2. The van der Waals surface area contributed by atoms with Crippen molar-refractivity contribution in [2.45, 2.75) is 18.8 Å². The number of rotatable bonds is 6. The molecule has 0 saturated carbocycles. The highest BCUT2D eigenvalue weighted by atomic mass is 19.1. The minimum atomic E-state index is -0.315. The number of nitrogens with zero attached hydrogens (tertiary/aromatic N) is 2. The second-order valence-electron chi connectivity index (χ2n) is 7.41. The van der Waals surface area contributed by atoms with Gasteiger partial charge in [-0.05, 0) is 50.2 Å². The molecule has 1 fully saturated rings. The number of amides is 1. The normalized spacial score (nSPS) is 14.3. The highest BCUT2D eigenvalue weighted by Crippen LogP contribution is 2.31.